The van der Waals surface area contributed by atoms with Gasteiger partial charge in [0.2, 0.25) is 0 Å². The van der Waals surface area contributed by atoms with Crippen molar-refractivity contribution in [2.45, 2.75) is 20.8 Å². The molecule has 0 saturated carbocycles. The number of halogens is 1. The number of ether oxygens (including phenoxy) is 2. The summed E-state index contributed by atoms with van der Waals surface area (Å²) in [5, 5.41) is 3.10. The summed E-state index contributed by atoms with van der Waals surface area (Å²) < 4.78 is 24.9. The van der Waals surface area contributed by atoms with E-state index in [1.165, 1.54) is 24.3 Å². The van der Waals surface area contributed by atoms with Crippen LogP contribution in [0.3, 0.4) is 0 Å². The molecule has 0 spiro atoms. The molecule has 0 atom stereocenters. The maximum atomic E-state index is 13.6. The van der Waals surface area contributed by atoms with Crippen molar-refractivity contribution in [1.29, 1.82) is 0 Å². The highest BCUT2D eigenvalue weighted by molar-refractivity contribution is 6.46. The van der Waals surface area contributed by atoms with E-state index in [1.807, 2.05) is 32.9 Å². The number of aryl methyl sites for hydroxylation is 1. The SMILES string of the molecule is CCOc1ccc(NC2=C(c3ccc(F)cc3)C(=O)N(c3ccc(C)cc3)C2=O)cc1OCC. The highest BCUT2D eigenvalue weighted by Crippen LogP contribution is 2.36. The minimum Gasteiger partial charge on any atom is -0.490 e. The lowest BCUT2D eigenvalue weighted by atomic mass is 10.0. The average molecular weight is 461 g/mol. The second-order valence-corrected chi connectivity index (χ2v) is 7.69. The van der Waals surface area contributed by atoms with Gasteiger partial charge in [-0.2, -0.15) is 0 Å². The summed E-state index contributed by atoms with van der Waals surface area (Å²) in [4.78, 5) is 28.1. The zero-order valence-corrected chi connectivity index (χ0v) is 19.2. The van der Waals surface area contributed by atoms with Gasteiger partial charge in [-0.3, -0.25) is 9.59 Å². The third-order valence-electron chi connectivity index (χ3n) is 5.32. The highest BCUT2D eigenvalue weighted by Gasteiger charge is 2.40. The van der Waals surface area contributed by atoms with E-state index in [-0.39, 0.29) is 11.3 Å². The number of rotatable bonds is 8. The van der Waals surface area contributed by atoms with Crippen LogP contribution in [0.25, 0.3) is 5.57 Å². The van der Waals surface area contributed by atoms with Gasteiger partial charge in [-0.15, -0.1) is 0 Å². The fourth-order valence-electron chi connectivity index (χ4n) is 3.73. The Balaban J connectivity index is 1.78. The van der Waals surface area contributed by atoms with Crippen LogP contribution in [0.1, 0.15) is 25.0 Å². The zero-order valence-electron chi connectivity index (χ0n) is 19.2. The second-order valence-electron chi connectivity index (χ2n) is 7.69. The summed E-state index contributed by atoms with van der Waals surface area (Å²) in [7, 11) is 0. The smallest absolute Gasteiger partial charge is 0.282 e. The molecule has 0 bridgehead atoms. The van der Waals surface area contributed by atoms with Crippen molar-refractivity contribution in [3.05, 3.63) is 89.4 Å². The Labute approximate surface area is 197 Å². The van der Waals surface area contributed by atoms with Crippen LogP contribution >= 0.6 is 0 Å². The second kappa shape index (κ2) is 9.79. The van der Waals surface area contributed by atoms with E-state index in [4.69, 9.17) is 9.47 Å². The average Bonchev–Trinajstić information content (AvgIpc) is 3.06. The Morgan fingerprint density at radius 1 is 0.824 bits per heavy atom. The van der Waals surface area contributed by atoms with Crippen LogP contribution < -0.4 is 19.7 Å². The minimum absolute atomic E-state index is 0.101. The normalized spacial score (nSPS) is 13.5. The van der Waals surface area contributed by atoms with Crippen LogP contribution in [0.4, 0.5) is 15.8 Å². The first-order valence-electron chi connectivity index (χ1n) is 11.0. The van der Waals surface area contributed by atoms with Gasteiger partial charge in [0.1, 0.15) is 11.5 Å². The number of hydrogen-bond donors (Lipinski definition) is 1. The number of imide groups is 1. The molecule has 7 heteroatoms. The summed E-state index contributed by atoms with van der Waals surface area (Å²) in [6, 6.07) is 17.8. The quantitative estimate of drug-likeness (QED) is 0.461. The number of benzene rings is 3. The molecule has 2 amide bonds. The summed E-state index contributed by atoms with van der Waals surface area (Å²) in [5.41, 5.74) is 2.71. The number of nitrogens with one attached hydrogen (secondary N) is 1. The molecule has 1 aliphatic heterocycles. The molecule has 0 aromatic heterocycles. The molecule has 34 heavy (non-hydrogen) atoms. The van der Waals surface area contributed by atoms with Crippen LogP contribution in [-0.2, 0) is 9.59 Å². The van der Waals surface area contributed by atoms with Crippen LogP contribution in [0.5, 0.6) is 11.5 Å². The Morgan fingerprint density at radius 2 is 1.47 bits per heavy atom. The standard InChI is InChI=1S/C27H25FN2O4/c1-4-33-22-15-12-20(16-23(22)34-5-2)29-25-24(18-8-10-19(28)11-9-18)26(31)30(27(25)32)21-13-6-17(3)7-14-21/h6-16,29H,4-5H2,1-3H3. The van der Waals surface area contributed by atoms with Crippen molar-refractivity contribution in [2.24, 2.45) is 0 Å². The fraction of sp³-hybridized carbons (Fsp3) is 0.185. The number of carbonyl (C=O) groups is 2. The minimum atomic E-state index is -0.500. The molecule has 0 radical (unpaired) electrons. The summed E-state index contributed by atoms with van der Waals surface area (Å²) in [6.45, 7) is 6.58. The monoisotopic (exact) mass is 460 g/mol. The maximum Gasteiger partial charge on any atom is 0.282 e. The van der Waals surface area contributed by atoms with Gasteiger partial charge in [-0.1, -0.05) is 29.8 Å². The van der Waals surface area contributed by atoms with Gasteiger partial charge in [0, 0.05) is 11.8 Å². The summed E-state index contributed by atoms with van der Waals surface area (Å²) >= 11 is 0. The number of nitrogens with zero attached hydrogens (tertiary/aromatic N) is 1. The van der Waals surface area contributed by atoms with E-state index in [9.17, 15) is 14.0 Å². The van der Waals surface area contributed by atoms with Gasteiger partial charge in [0.15, 0.2) is 11.5 Å². The van der Waals surface area contributed by atoms with E-state index in [0.29, 0.717) is 41.7 Å². The first-order chi connectivity index (χ1) is 16.4. The molecule has 3 aromatic rings. The zero-order chi connectivity index (χ0) is 24.2. The molecular formula is C27H25FN2O4. The molecule has 0 aliphatic carbocycles. The Kier molecular flexibility index (Phi) is 6.63. The van der Waals surface area contributed by atoms with Crippen LogP contribution in [-0.4, -0.2) is 25.0 Å². The Hall–Kier alpha value is -4.13. The topological polar surface area (TPSA) is 67.9 Å². The van der Waals surface area contributed by atoms with Crippen molar-refractivity contribution in [3.8, 4) is 11.5 Å². The maximum absolute atomic E-state index is 13.6. The first kappa shape index (κ1) is 23.0. The van der Waals surface area contributed by atoms with Crippen molar-refractivity contribution in [3.63, 3.8) is 0 Å². The largest absolute Gasteiger partial charge is 0.490 e. The van der Waals surface area contributed by atoms with Crippen molar-refractivity contribution >= 4 is 28.8 Å². The predicted octanol–water partition coefficient (Wildman–Crippen LogP) is 5.33. The van der Waals surface area contributed by atoms with Crippen LogP contribution in [0.15, 0.2) is 72.4 Å². The molecule has 174 valence electrons. The van der Waals surface area contributed by atoms with Crippen molar-refractivity contribution in [2.75, 3.05) is 23.4 Å². The first-order valence-corrected chi connectivity index (χ1v) is 11.0. The number of amides is 2. The van der Waals surface area contributed by atoms with E-state index in [0.717, 1.165) is 10.5 Å². The lowest BCUT2D eigenvalue weighted by molar-refractivity contribution is -0.120. The van der Waals surface area contributed by atoms with E-state index < -0.39 is 17.6 Å². The van der Waals surface area contributed by atoms with Gasteiger partial charge >= 0.3 is 0 Å². The molecule has 6 nitrogen and oxygen atoms in total. The van der Waals surface area contributed by atoms with E-state index in [2.05, 4.69) is 5.32 Å². The molecule has 0 saturated heterocycles. The van der Waals surface area contributed by atoms with Crippen molar-refractivity contribution in [1.82, 2.24) is 0 Å². The lowest BCUT2D eigenvalue weighted by Gasteiger charge is -2.16. The molecule has 0 unspecified atom stereocenters. The van der Waals surface area contributed by atoms with E-state index in [1.54, 1.807) is 30.3 Å². The van der Waals surface area contributed by atoms with Crippen LogP contribution in [0.2, 0.25) is 0 Å². The molecule has 0 fully saturated rings. The van der Waals surface area contributed by atoms with Gasteiger partial charge in [0.25, 0.3) is 11.8 Å². The van der Waals surface area contributed by atoms with Crippen LogP contribution in [0, 0.1) is 12.7 Å². The fourth-order valence-corrected chi connectivity index (χ4v) is 3.73. The molecule has 1 aliphatic rings. The molecular weight excluding hydrogens is 435 g/mol. The Morgan fingerprint density at radius 3 is 2.12 bits per heavy atom. The predicted molar refractivity (Wildman–Crippen MR) is 129 cm³/mol. The molecule has 1 heterocycles. The van der Waals surface area contributed by atoms with Gasteiger partial charge in [-0.25, -0.2) is 9.29 Å². The molecule has 3 aromatic carbocycles. The van der Waals surface area contributed by atoms with Gasteiger partial charge < -0.3 is 14.8 Å². The molecule has 4 rings (SSSR count). The number of hydrogen-bond acceptors (Lipinski definition) is 5. The third kappa shape index (κ3) is 4.50. The van der Waals surface area contributed by atoms with E-state index >= 15 is 0 Å². The van der Waals surface area contributed by atoms with Crippen molar-refractivity contribution < 1.29 is 23.5 Å². The van der Waals surface area contributed by atoms with Gasteiger partial charge in [-0.05, 0) is 62.7 Å². The Bertz CT molecular complexity index is 1250. The number of anilines is 2. The van der Waals surface area contributed by atoms with Gasteiger partial charge in [0.05, 0.1) is 24.5 Å². The highest BCUT2D eigenvalue weighted by atomic mass is 19.1. The molecule has 1 N–H and O–H groups in total. The summed E-state index contributed by atoms with van der Waals surface area (Å²) in [6.07, 6.45) is 0. The lowest BCUT2D eigenvalue weighted by Crippen LogP contribution is -2.32. The third-order valence-corrected chi connectivity index (χ3v) is 5.32. The summed E-state index contributed by atoms with van der Waals surface area (Å²) in [5.74, 6) is -0.318. The number of carbonyl (C=O) groups excluding carboxylic acids is 2.